The van der Waals surface area contributed by atoms with Crippen LogP contribution in [-0.4, -0.2) is 37.5 Å². The normalized spacial score (nSPS) is 19.9. The van der Waals surface area contributed by atoms with Crippen LogP contribution in [-0.2, 0) is 0 Å². The van der Waals surface area contributed by atoms with Gasteiger partial charge in [0.2, 0.25) is 5.28 Å². The zero-order valence-electron chi connectivity index (χ0n) is 9.11. The van der Waals surface area contributed by atoms with Crippen molar-refractivity contribution in [3.8, 4) is 0 Å². The quantitative estimate of drug-likeness (QED) is 0.837. The highest BCUT2D eigenvalue weighted by Gasteiger charge is 2.16. The molecule has 7 heteroatoms. The second kappa shape index (κ2) is 4.70. The molecule has 0 spiro atoms. The highest BCUT2D eigenvalue weighted by atomic mass is 35.5. The van der Waals surface area contributed by atoms with Crippen LogP contribution in [0.2, 0.25) is 5.28 Å². The molecule has 1 fully saturated rings. The van der Waals surface area contributed by atoms with E-state index in [9.17, 15) is 0 Å². The van der Waals surface area contributed by atoms with Gasteiger partial charge in [-0.15, -0.1) is 0 Å². The van der Waals surface area contributed by atoms with E-state index in [1.807, 2.05) is 11.8 Å². The van der Waals surface area contributed by atoms with Gasteiger partial charge in [-0.05, 0) is 30.2 Å². The first-order valence-corrected chi connectivity index (χ1v) is 6.98. The van der Waals surface area contributed by atoms with Crippen molar-refractivity contribution in [3.63, 3.8) is 0 Å². The number of nitrogens with zero attached hydrogens (tertiary/aromatic N) is 3. The zero-order chi connectivity index (χ0) is 11.7. The van der Waals surface area contributed by atoms with Crippen LogP contribution in [0.5, 0.6) is 0 Å². The Morgan fingerprint density at radius 3 is 3.29 bits per heavy atom. The van der Waals surface area contributed by atoms with Crippen molar-refractivity contribution >= 4 is 40.3 Å². The van der Waals surface area contributed by atoms with Crippen LogP contribution in [0, 0.1) is 0 Å². The Labute approximate surface area is 108 Å². The summed E-state index contributed by atoms with van der Waals surface area (Å²) in [6.07, 6.45) is 4.18. The van der Waals surface area contributed by atoms with Crippen molar-refractivity contribution in [1.29, 1.82) is 0 Å². The molecule has 2 aromatic rings. The minimum absolute atomic E-state index is 0.228. The first kappa shape index (κ1) is 11.1. The van der Waals surface area contributed by atoms with E-state index in [0.29, 0.717) is 10.9 Å². The van der Waals surface area contributed by atoms with E-state index in [0.717, 1.165) is 17.9 Å². The van der Waals surface area contributed by atoms with Crippen molar-refractivity contribution in [1.82, 2.24) is 19.9 Å². The largest absolute Gasteiger partial charge is 0.367 e. The first-order chi connectivity index (χ1) is 8.33. The number of imidazole rings is 1. The van der Waals surface area contributed by atoms with Gasteiger partial charge in [0.1, 0.15) is 5.52 Å². The standard InChI is InChI=1S/C10H12ClN5S/c11-10-15-8(7-9(16-10)14-5-13-7)12-4-6-2-1-3-17-6/h5-6H,1-4H2,(H2,12,13,14,15,16). The number of thioether (sulfide) groups is 1. The Balaban J connectivity index is 1.81. The van der Waals surface area contributed by atoms with Crippen LogP contribution in [0.25, 0.3) is 11.2 Å². The average Bonchev–Trinajstić information content (AvgIpc) is 2.95. The molecule has 3 heterocycles. The summed E-state index contributed by atoms with van der Waals surface area (Å²) in [5.74, 6) is 2.00. The van der Waals surface area contributed by atoms with E-state index in [-0.39, 0.29) is 5.28 Å². The third-order valence-electron chi connectivity index (χ3n) is 2.78. The molecule has 1 atom stereocenters. The molecular weight excluding hydrogens is 258 g/mol. The molecule has 1 saturated heterocycles. The summed E-state index contributed by atoms with van der Waals surface area (Å²) in [5.41, 5.74) is 1.42. The van der Waals surface area contributed by atoms with Gasteiger partial charge in [-0.3, -0.25) is 0 Å². The van der Waals surface area contributed by atoms with Crippen LogP contribution in [0.3, 0.4) is 0 Å². The maximum atomic E-state index is 5.85. The second-order valence-electron chi connectivity index (χ2n) is 3.96. The maximum absolute atomic E-state index is 5.85. The first-order valence-electron chi connectivity index (χ1n) is 5.55. The zero-order valence-corrected chi connectivity index (χ0v) is 10.7. The molecule has 1 unspecified atom stereocenters. The lowest BCUT2D eigenvalue weighted by Crippen LogP contribution is -2.14. The lowest BCUT2D eigenvalue weighted by Gasteiger charge is -2.10. The number of aromatic nitrogens is 4. The van der Waals surface area contributed by atoms with E-state index in [4.69, 9.17) is 11.6 Å². The molecule has 0 amide bonds. The van der Waals surface area contributed by atoms with Crippen molar-refractivity contribution in [3.05, 3.63) is 11.6 Å². The number of H-pyrrole nitrogens is 1. The summed E-state index contributed by atoms with van der Waals surface area (Å²) in [6.45, 7) is 0.909. The smallest absolute Gasteiger partial charge is 0.226 e. The van der Waals surface area contributed by atoms with Gasteiger partial charge >= 0.3 is 0 Å². The Hall–Kier alpha value is -1.01. The van der Waals surface area contributed by atoms with Crippen LogP contribution in [0.4, 0.5) is 5.82 Å². The monoisotopic (exact) mass is 269 g/mol. The maximum Gasteiger partial charge on any atom is 0.226 e. The number of aromatic amines is 1. The Morgan fingerprint density at radius 1 is 1.53 bits per heavy atom. The number of hydrogen-bond donors (Lipinski definition) is 2. The predicted molar refractivity (Wildman–Crippen MR) is 70.7 cm³/mol. The summed E-state index contributed by atoms with van der Waals surface area (Å²) in [6, 6.07) is 0. The molecule has 0 aliphatic carbocycles. The molecular formula is C10H12ClN5S. The summed E-state index contributed by atoms with van der Waals surface area (Å²) < 4.78 is 0. The minimum atomic E-state index is 0.228. The molecule has 0 bridgehead atoms. The van der Waals surface area contributed by atoms with Gasteiger partial charge < -0.3 is 10.3 Å². The van der Waals surface area contributed by atoms with Gasteiger partial charge in [-0.2, -0.15) is 21.7 Å². The number of fused-ring (bicyclic) bond motifs is 1. The van der Waals surface area contributed by atoms with E-state index in [2.05, 4.69) is 25.3 Å². The van der Waals surface area contributed by atoms with Gasteiger partial charge in [0, 0.05) is 11.8 Å². The molecule has 0 saturated carbocycles. The average molecular weight is 270 g/mol. The van der Waals surface area contributed by atoms with Crippen LogP contribution >= 0.6 is 23.4 Å². The fourth-order valence-electron chi connectivity index (χ4n) is 1.95. The number of halogens is 1. The summed E-state index contributed by atoms with van der Waals surface area (Å²) >= 11 is 7.86. The van der Waals surface area contributed by atoms with Gasteiger partial charge in [0.25, 0.3) is 0 Å². The molecule has 1 aliphatic heterocycles. The van der Waals surface area contributed by atoms with Crippen LogP contribution in [0.15, 0.2) is 6.33 Å². The van der Waals surface area contributed by atoms with E-state index < -0.39 is 0 Å². The molecule has 90 valence electrons. The number of rotatable bonds is 3. The fraction of sp³-hybridized carbons (Fsp3) is 0.500. The SMILES string of the molecule is Clc1nc(NCC2CCCS2)c2[nH]cnc2n1. The summed E-state index contributed by atoms with van der Waals surface area (Å²) in [5, 5.41) is 4.23. The van der Waals surface area contributed by atoms with Gasteiger partial charge in [0.15, 0.2) is 11.5 Å². The van der Waals surface area contributed by atoms with Crippen molar-refractivity contribution in [2.45, 2.75) is 18.1 Å². The van der Waals surface area contributed by atoms with Crippen molar-refractivity contribution in [2.75, 3.05) is 17.6 Å². The molecule has 0 radical (unpaired) electrons. The van der Waals surface area contributed by atoms with Crippen molar-refractivity contribution < 1.29 is 0 Å². The highest BCUT2D eigenvalue weighted by Crippen LogP contribution is 2.27. The lowest BCUT2D eigenvalue weighted by molar-refractivity contribution is 0.804. The third-order valence-corrected chi connectivity index (χ3v) is 4.35. The molecule has 1 aliphatic rings. The van der Waals surface area contributed by atoms with Gasteiger partial charge in [-0.1, -0.05) is 0 Å². The summed E-state index contributed by atoms with van der Waals surface area (Å²) in [4.78, 5) is 15.4. The molecule has 2 aromatic heterocycles. The summed E-state index contributed by atoms with van der Waals surface area (Å²) in [7, 11) is 0. The van der Waals surface area contributed by atoms with Crippen molar-refractivity contribution in [2.24, 2.45) is 0 Å². The molecule has 5 nitrogen and oxygen atoms in total. The Kier molecular flexibility index (Phi) is 3.07. The topological polar surface area (TPSA) is 66.5 Å². The number of hydrogen-bond acceptors (Lipinski definition) is 5. The molecule has 17 heavy (non-hydrogen) atoms. The fourth-order valence-corrected chi connectivity index (χ4v) is 3.32. The molecule has 3 rings (SSSR count). The van der Waals surface area contributed by atoms with Gasteiger partial charge in [0.05, 0.1) is 6.33 Å². The predicted octanol–water partition coefficient (Wildman–Crippen LogP) is 2.31. The Bertz CT molecular complexity index is 522. The second-order valence-corrected chi connectivity index (χ2v) is 5.70. The third kappa shape index (κ3) is 2.32. The van der Waals surface area contributed by atoms with E-state index >= 15 is 0 Å². The minimum Gasteiger partial charge on any atom is -0.367 e. The van der Waals surface area contributed by atoms with Crippen LogP contribution in [0.1, 0.15) is 12.8 Å². The highest BCUT2D eigenvalue weighted by molar-refractivity contribution is 8.00. The Morgan fingerprint density at radius 2 is 2.47 bits per heavy atom. The number of nitrogens with one attached hydrogen (secondary N) is 2. The van der Waals surface area contributed by atoms with Gasteiger partial charge in [-0.25, -0.2) is 4.98 Å². The molecule has 0 aromatic carbocycles. The number of anilines is 1. The van der Waals surface area contributed by atoms with Crippen LogP contribution < -0.4 is 5.32 Å². The molecule has 2 N–H and O–H groups in total. The van der Waals surface area contributed by atoms with E-state index in [1.165, 1.54) is 18.6 Å². The van der Waals surface area contributed by atoms with E-state index in [1.54, 1.807) is 6.33 Å². The lowest BCUT2D eigenvalue weighted by atomic mass is 10.2.